The van der Waals surface area contributed by atoms with Crippen molar-refractivity contribution < 1.29 is 0 Å². The van der Waals surface area contributed by atoms with Crippen molar-refractivity contribution >= 4 is 11.2 Å². The topological polar surface area (TPSA) is 65.1 Å². The van der Waals surface area contributed by atoms with E-state index in [0.717, 1.165) is 44.3 Å². The third-order valence-corrected chi connectivity index (χ3v) is 5.60. The standard InChI is InChI=1S/C19H31N5O2/c1-13(2)6-11-24-15(12-23-9-7-14(3)8-10-23)20-17-16(24)18(25)22(5)19(26)21(17)4/h13-14H,6-12H2,1-5H3. The molecule has 0 amide bonds. The Morgan fingerprint density at radius 1 is 1.12 bits per heavy atom. The van der Waals surface area contributed by atoms with Crippen LogP contribution in [0.3, 0.4) is 0 Å². The second-order valence-corrected chi connectivity index (χ2v) is 8.20. The van der Waals surface area contributed by atoms with Crippen LogP contribution in [0.2, 0.25) is 0 Å². The number of fused-ring (bicyclic) bond motifs is 1. The maximum absolute atomic E-state index is 12.8. The smallest absolute Gasteiger partial charge is 0.321 e. The zero-order chi connectivity index (χ0) is 19.0. The molecule has 2 aromatic heterocycles. The van der Waals surface area contributed by atoms with E-state index in [9.17, 15) is 9.59 Å². The van der Waals surface area contributed by atoms with E-state index < -0.39 is 0 Å². The van der Waals surface area contributed by atoms with Gasteiger partial charge in [0.1, 0.15) is 5.82 Å². The molecule has 7 heteroatoms. The lowest BCUT2D eigenvalue weighted by molar-refractivity contribution is 0.179. The molecule has 1 aliphatic rings. The minimum absolute atomic E-state index is 0.252. The first-order valence-electron chi connectivity index (χ1n) is 9.67. The number of aryl methyl sites for hydroxylation is 2. The number of piperidine rings is 1. The fourth-order valence-corrected chi connectivity index (χ4v) is 3.66. The molecule has 7 nitrogen and oxygen atoms in total. The van der Waals surface area contributed by atoms with Gasteiger partial charge >= 0.3 is 5.69 Å². The molecule has 1 saturated heterocycles. The molecule has 0 spiro atoms. The Hall–Kier alpha value is -1.89. The number of rotatable bonds is 5. The number of imidazole rings is 1. The van der Waals surface area contributed by atoms with Crippen LogP contribution in [-0.2, 0) is 27.2 Å². The quantitative estimate of drug-likeness (QED) is 0.813. The predicted molar refractivity (Wildman–Crippen MR) is 103 cm³/mol. The van der Waals surface area contributed by atoms with Crippen molar-refractivity contribution in [2.24, 2.45) is 25.9 Å². The van der Waals surface area contributed by atoms with Crippen LogP contribution in [0.25, 0.3) is 11.2 Å². The lowest BCUT2D eigenvalue weighted by Crippen LogP contribution is -2.37. The summed E-state index contributed by atoms with van der Waals surface area (Å²) in [4.78, 5) is 32.2. The number of likely N-dealkylation sites (tertiary alicyclic amines) is 1. The second-order valence-electron chi connectivity index (χ2n) is 8.20. The number of nitrogens with zero attached hydrogens (tertiary/aromatic N) is 5. The first-order valence-corrected chi connectivity index (χ1v) is 9.67. The van der Waals surface area contributed by atoms with Crippen molar-refractivity contribution in [3.05, 3.63) is 26.7 Å². The van der Waals surface area contributed by atoms with Gasteiger partial charge in [0.25, 0.3) is 5.56 Å². The molecule has 1 fully saturated rings. The predicted octanol–water partition coefficient (Wildman–Crippen LogP) is 1.71. The Morgan fingerprint density at radius 3 is 2.38 bits per heavy atom. The van der Waals surface area contributed by atoms with E-state index >= 15 is 0 Å². The van der Waals surface area contributed by atoms with Gasteiger partial charge in [-0.25, -0.2) is 9.78 Å². The molecule has 0 N–H and O–H groups in total. The number of hydrogen-bond acceptors (Lipinski definition) is 4. The summed E-state index contributed by atoms with van der Waals surface area (Å²) in [5, 5.41) is 0. The van der Waals surface area contributed by atoms with Gasteiger partial charge in [0, 0.05) is 20.6 Å². The Balaban J connectivity index is 2.07. The van der Waals surface area contributed by atoms with E-state index in [2.05, 4.69) is 30.2 Å². The highest BCUT2D eigenvalue weighted by Gasteiger charge is 2.22. The van der Waals surface area contributed by atoms with Crippen molar-refractivity contribution in [3.8, 4) is 0 Å². The van der Waals surface area contributed by atoms with Crippen molar-refractivity contribution in [1.82, 2.24) is 23.6 Å². The molecule has 0 radical (unpaired) electrons. The second kappa shape index (κ2) is 7.39. The largest absolute Gasteiger partial charge is 0.332 e. The summed E-state index contributed by atoms with van der Waals surface area (Å²) in [6.45, 7) is 10.3. The molecule has 3 heterocycles. The maximum atomic E-state index is 12.8. The van der Waals surface area contributed by atoms with Gasteiger partial charge in [0.2, 0.25) is 0 Å². The zero-order valence-corrected chi connectivity index (χ0v) is 16.7. The van der Waals surface area contributed by atoms with Gasteiger partial charge in [0.15, 0.2) is 11.2 Å². The molecule has 1 aliphatic heterocycles. The minimum Gasteiger partial charge on any atom is -0.321 e. The van der Waals surface area contributed by atoms with E-state index in [1.165, 1.54) is 29.0 Å². The van der Waals surface area contributed by atoms with Crippen molar-refractivity contribution in [1.29, 1.82) is 0 Å². The van der Waals surface area contributed by atoms with Crippen LogP contribution in [0.15, 0.2) is 9.59 Å². The average molecular weight is 361 g/mol. The summed E-state index contributed by atoms with van der Waals surface area (Å²) < 4.78 is 4.72. The van der Waals surface area contributed by atoms with E-state index in [4.69, 9.17) is 4.98 Å². The molecule has 0 aliphatic carbocycles. The highest BCUT2D eigenvalue weighted by molar-refractivity contribution is 5.71. The average Bonchev–Trinajstić information content (AvgIpc) is 2.96. The summed E-state index contributed by atoms with van der Waals surface area (Å²) >= 11 is 0. The Labute approximate surface area is 154 Å². The van der Waals surface area contributed by atoms with Crippen LogP contribution >= 0.6 is 0 Å². The monoisotopic (exact) mass is 361 g/mol. The van der Waals surface area contributed by atoms with Crippen LogP contribution in [0.5, 0.6) is 0 Å². The first-order chi connectivity index (χ1) is 12.3. The Bertz CT molecular complexity index is 897. The van der Waals surface area contributed by atoms with Crippen LogP contribution in [-0.4, -0.2) is 36.7 Å². The SMILES string of the molecule is CC(C)CCn1c(CN2CCC(C)CC2)nc2c1c(=O)n(C)c(=O)n2C. The van der Waals surface area contributed by atoms with Gasteiger partial charge in [-0.15, -0.1) is 0 Å². The summed E-state index contributed by atoms with van der Waals surface area (Å²) in [5.74, 6) is 2.21. The molecular formula is C19H31N5O2. The molecule has 3 rings (SSSR count). The molecule has 144 valence electrons. The fourth-order valence-electron chi connectivity index (χ4n) is 3.66. The lowest BCUT2D eigenvalue weighted by Gasteiger charge is -2.29. The molecule has 0 saturated carbocycles. The lowest BCUT2D eigenvalue weighted by atomic mass is 9.99. The normalized spacial score (nSPS) is 16.8. The maximum Gasteiger partial charge on any atom is 0.332 e. The summed E-state index contributed by atoms with van der Waals surface area (Å²) in [6, 6.07) is 0. The van der Waals surface area contributed by atoms with E-state index in [0.29, 0.717) is 17.1 Å². The fraction of sp³-hybridized carbons (Fsp3) is 0.737. The number of hydrogen-bond donors (Lipinski definition) is 0. The molecular weight excluding hydrogens is 330 g/mol. The van der Waals surface area contributed by atoms with Gasteiger partial charge in [-0.3, -0.25) is 18.8 Å². The van der Waals surface area contributed by atoms with Gasteiger partial charge in [0.05, 0.1) is 6.54 Å². The molecule has 0 bridgehead atoms. The van der Waals surface area contributed by atoms with Crippen molar-refractivity contribution in [2.75, 3.05) is 13.1 Å². The zero-order valence-electron chi connectivity index (χ0n) is 16.7. The Kier molecular flexibility index (Phi) is 5.37. The third-order valence-electron chi connectivity index (χ3n) is 5.60. The third kappa shape index (κ3) is 3.49. The van der Waals surface area contributed by atoms with Crippen molar-refractivity contribution in [2.45, 2.75) is 53.1 Å². The van der Waals surface area contributed by atoms with Gasteiger partial charge in [-0.05, 0) is 44.2 Å². The molecule has 0 aromatic carbocycles. The highest BCUT2D eigenvalue weighted by Crippen LogP contribution is 2.20. The molecule has 2 aromatic rings. The van der Waals surface area contributed by atoms with E-state index in [1.807, 2.05) is 0 Å². The van der Waals surface area contributed by atoms with Crippen LogP contribution in [0.1, 0.15) is 45.9 Å². The minimum atomic E-state index is -0.325. The van der Waals surface area contributed by atoms with Gasteiger partial charge in [-0.1, -0.05) is 20.8 Å². The van der Waals surface area contributed by atoms with E-state index in [1.54, 1.807) is 7.05 Å². The Morgan fingerprint density at radius 2 is 1.77 bits per heavy atom. The number of aromatic nitrogens is 4. The van der Waals surface area contributed by atoms with Gasteiger partial charge < -0.3 is 4.57 Å². The first kappa shape index (κ1) is 18.9. The van der Waals surface area contributed by atoms with Gasteiger partial charge in [-0.2, -0.15) is 0 Å². The summed E-state index contributed by atoms with van der Waals surface area (Å²) in [6.07, 6.45) is 3.38. The molecule has 0 unspecified atom stereocenters. The van der Waals surface area contributed by atoms with E-state index in [-0.39, 0.29) is 11.2 Å². The molecule has 26 heavy (non-hydrogen) atoms. The summed E-state index contributed by atoms with van der Waals surface area (Å²) in [5.41, 5.74) is 0.477. The van der Waals surface area contributed by atoms with Crippen LogP contribution in [0.4, 0.5) is 0 Å². The summed E-state index contributed by atoms with van der Waals surface area (Å²) in [7, 11) is 3.23. The molecule has 0 atom stereocenters. The van der Waals surface area contributed by atoms with Crippen molar-refractivity contribution in [3.63, 3.8) is 0 Å². The van der Waals surface area contributed by atoms with Crippen LogP contribution < -0.4 is 11.2 Å². The highest BCUT2D eigenvalue weighted by atomic mass is 16.2. The van der Waals surface area contributed by atoms with Crippen LogP contribution in [0, 0.1) is 11.8 Å².